The van der Waals surface area contributed by atoms with E-state index < -0.39 is 10.2 Å². The van der Waals surface area contributed by atoms with E-state index in [1.54, 1.807) is 31.2 Å². The zero-order chi connectivity index (χ0) is 21.7. The van der Waals surface area contributed by atoms with Crippen molar-refractivity contribution in [2.75, 3.05) is 10.6 Å². The maximum atomic E-state index is 12.5. The van der Waals surface area contributed by atoms with E-state index in [2.05, 4.69) is 15.6 Å². The van der Waals surface area contributed by atoms with E-state index in [-0.39, 0.29) is 17.5 Å². The normalized spacial score (nSPS) is 11.5. The summed E-state index contributed by atoms with van der Waals surface area (Å²) in [7, 11) is 0. The third kappa shape index (κ3) is 5.65. The van der Waals surface area contributed by atoms with Gasteiger partial charge in [0.2, 0.25) is 11.8 Å². The largest absolute Gasteiger partial charge is 0.326 e. The molecule has 2 N–H and O–H groups in total. The molecule has 2 aromatic carbocycles. The van der Waals surface area contributed by atoms with Crippen LogP contribution >= 0.6 is 23.1 Å². The van der Waals surface area contributed by atoms with Crippen LogP contribution in [0.25, 0.3) is 11.3 Å². The Morgan fingerprint density at radius 2 is 1.77 bits per heavy atom. The van der Waals surface area contributed by atoms with Crippen LogP contribution in [-0.2, 0) is 9.59 Å². The number of anilines is 2. The fraction of sp³-hybridized carbons (Fsp3) is 0.150. The Balaban J connectivity index is 1.59. The number of carbonyl (C=O) groups excluding carboxylic acids is 2. The van der Waals surface area contributed by atoms with E-state index in [0.717, 1.165) is 16.2 Å². The van der Waals surface area contributed by atoms with Crippen LogP contribution in [0.2, 0.25) is 0 Å². The molecule has 0 aliphatic rings. The number of rotatable bonds is 7. The standard InChI is InChI=1S/C20H18N4O4S2/c1-12(30-17-9-7-16(8-10-17)24(27)28)19(26)23-20-22-18(11-29-20)14-3-5-15(6-4-14)21-13(2)25/h3-12H,1-2H3,(H,21,25)(H,22,23,26). The van der Waals surface area contributed by atoms with Gasteiger partial charge in [0.15, 0.2) is 5.13 Å². The van der Waals surface area contributed by atoms with Gasteiger partial charge in [0, 0.05) is 40.6 Å². The number of thioether (sulfide) groups is 1. The Hall–Kier alpha value is -3.24. The maximum absolute atomic E-state index is 12.5. The average molecular weight is 443 g/mol. The zero-order valence-corrected chi connectivity index (χ0v) is 17.8. The lowest BCUT2D eigenvalue weighted by Gasteiger charge is -2.10. The van der Waals surface area contributed by atoms with Crippen LogP contribution in [0.5, 0.6) is 0 Å². The minimum absolute atomic E-state index is 0.0110. The van der Waals surface area contributed by atoms with E-state index >= 15 is 0 Å². The van der Waals surface area contributed by atoms with Gasteiger partial charge in [-0.15, -0.1) is 23.1 Å². The predicted molar refractivity (Wildman–Crippen MR) is 119 cm³/mol. The number of nitro groups is 1. The minimum atomic E-state index is -0.460. The third-order valence-corrected chi connectivity index (χ3v) is 5.83. The summed E-state index contributed by atoms with van der Waals surface area (Å²) in [6.45, 7) is 3.21. The lowest BCUT2D eigenvalue weighted by molar-refractivity contribution is -0.384. The van der Waals surface area contributed by atoms with Crippen LogP contribution in [0.1, 0.15) is 13.8 Å². The molecule has 0 radical (unpaired) electrons. The summed E-state index contributed by atoms with van der Waals surface area (Å²) in [6, 6.07) is 13.3. The Morgan fingerprint density at radius 3 is 2.37 bits per heavy atom. The van der Waals surface area contributed by atoms with Gasteiger partial charge in [-0.05, 0) is 31.2 Å². The molecule has 0 saturated heterocycles. The number of amides is 2. The SMILES string of the molecule is CC(=O)Nc1ccc(-c2csc(NC(=O)C(C)Sc3ccc([N+](=O)[O-])cc3)n2)cc1. The second kappa shape index (κ2) is 9.51. The van der Waals surface area contributed by atoms with Crippen LogP contribution < -0.4 is 10.6 Å². The van der Waals surface area contributed by atoms with Gasteiger partial charge in [-0.25, -0.2) is 4.98 Å². The Kier molecular flexibility index (Phi) is 6.80. The quantitative estimate of drug-likeness (QED) is 0.309. The molecule has 0 fully saturated rings. The number of benzene rings is 2. The Bertz CT molecular complexity index is 1070. The number of nitro benzene ring substituents is 1. The lowest BCUT2D eigenvalue weighted by atomic mass is 10.1. The highest BCUT2D eigenvalue weighted by atomic mass is 32.2. The van der Waals surface area contributed by atoms with Crippen LogP contribution in [-0.4, -0.2) is 27.0 Å². The van der Waals surface area contributed by atoms with Gasteiger partial charge < -0.3 is 10.6 Å². The van der Waals surface area contributed by atoms with Gasteiger partial charge in [-0.3, -0.25) is 19.7 Å². The molecular weight excluding hydrogens is 424 g/mol. The minimum Gasteiger partial charge on any atom is -0.326 e. The molecule has 0 saturated carbocycles. The summed E-state index contributed by atoms with van der Waals surface area (Å²) in [6.07, 6.45) is 0. The Morgan fingerprint density at radius 1 is 1.10 bits per heavy atom. The molecule has 8 nitrogen and oxygen atoms in total. The van der Waals surface area contributed by atoms with Crippen molar-refractivity contribution < 1.29 is 14.5 Å². The molecule has 3 rings (SSSR count). The van der Waals surface area contributed by atoms with Crippen molar-refractivity contribution in [3.8, 4) is 11.3 Å². The van der Waals surface area contributed by atoms with E-state index in [9.17, 15) is 19.7 Å². The van der Waals surface area contributed by atoms with Gasteiger partial charge in [-0.2, -0.15) is 0 Å². The molecule has 1 aromatic heterocycles. The summed E-state index contributed by atoms with van der Waals surface area (Å²) in [5.74, 6) is -0.345. The molecule has 1 atom stereocenters. The van der Waals surface area contributed by atoms with Gasteiger partial charge in [-0.1, -0.05) is 12.1 Å². The summed E-state index contributed by atoms with van der Waals surface area (Å²) >= 11 is 2.63. The fourth-order valence-electron chi connectivity index (χ4n) is 2.50. The first-order valence-corrected chi connectivity index (χ1v) is 10.6. The smallest absolute Gasteiger partial charge is 0.269 e. The molecule has 0 aliphatic heterocycles. The lowest BCUT2D eigenvalue weighted by Crippen LogP contribution is -2.22. The molecule has 3 aromatic rings. The summed E-state index contributed by atoms with van der Waals surface area (Å²) in [5.41, 5.74) is 2.30. The average Bonchev–Trinajstić information content (AvgIpc) is 3.17. The zero-order valence-electron chi connectivity index (χ0n) is 16.1. The summed E-state index contributed by atoms with van der Waals surface area (Å²) in [5, 5.41) is 18.2. The predicted octanol–water partition coefficient (Wildman–Crippen LogP) is 4.80. The van der Waals surface area contributed by atoms with Crippen molar-refractivity contribution in [1.29, 1.82) is 0 Å². The number of hydrogen-bond donors (Lipinski definition) is 2. The van der Waals surface area contributed by atoms with E-state index in [1.165, 1.54) is 42.2 Å². The molecule has 30 heavy (non-hydrogen) atoms. The number of nitrogens with one attached hydrogen (secondary N) is 2. The Labute approximate surface area is 180 Å². The highest BCUT2D eigenvalue weighted by Crippen LogP contribution is 2.29. The van der Waals surface area contributed by atoms with Crippen LogP contribution in [0.15, 0.2) is 58.8 Å². The number of nitrogens with zero attached hydrogens (tertiary/aromatic N) is 2. The van der Waals surface area contributed by atoms with Gasteiger partial charge in [0.25, 0.3) is 5.69 Å². The number of thiazole rings is 1. The van der Waals surface area contributed by atoms with Crippen LogP contribution in [0, 0.1) is 10.1 Å². The molecule has 0 spiro atoms. The molecule has 0 aliphatic carbocycles. The number of hydrogen-bond acceptors (Lipinski definition) is 7. The molecule has 1 unspecified atom stereocenters. The van der Waals surface area contributed by atoms with Crippen molar-refractivity contribution in [1.82, 2.24) is 4.98 Å². The van der Waals surface area contributed by atoms with Crippen molar-refractivity contribution >= 4 is 51.4 Å². The van der Waals surface area contributed by atoms with Gasteiger partial charge >= 0.3 is 0 Å². The number of non-ortho nitro benzene ring substituents is 1. The van der Waals surface area contributed by atoms with Crippen molar-refractivity contribution in [3.05, 3.63) is 64.0 Å². The molecule has 10 heteroatoms. The topological polar surface area (TPSA) is 114 Å². The van der Waals surface area contributed by atoms with E-state index in [1.807, 2.05) is 17.5 Å². The third-order valence-electron chi connectivity index (χ3n) is 3.96. The van der Waals surface area contributed by atoms with Crippen LogP contribution in [0.4, 0.5) is 16.5 Å². The van der Waals surface area contributed by atoms with E-state index in [0.29, 0.717) is 10.8 Å². The number of carbonyl (C=O) groups is 2. The first-order chi connectivity index (χ1) is 14.3. The molecule has 154 valence electrons. The molecule has 2 amide bonds. The van der Waals surface area contributed by atoms with Crippen molar-refractivity contribution in [2.45, 2.75) is 24.0 Å². The molecule has 1 heterocycles. The first-order valence-electron chi connectivity index (χ1n) is 8.87. The van der Waals surface area contributed by atoms with Gasteiger partial charge in [0.1, 0.15) is 0 Å². The van der Waals surface area contributed by atoms with Crippen molar-refractivity contribution in [3.63, 3.8) is 0 Å². The fourth-order valence-corrected chi connectivity index (χ4v) is 4.09. The summed E-state index contributed by atoms with van der Waals surface area (Å²) < 4.78 is 0. The monoisotopic (exact) mass is 442 g/mol. The second-order valence-electron chi connectivity index (χ2n) is 6.30. The van der Waals surface area contributed by atoms with E-state index in [4.69, 9.17) is 0 Å². The van der Waals surface area contributed by atoms with Crippen LogP contribution in [0.3, 0.4) is 0 Å². The first kappa shape index (κ1) is 21.5. The summed E-state index contributed by atoms with van der Waals surface area (Å²) in [4.78, 5) is 39.0. The molecule has 0 bridgehead atoms. The second-order valence-corrected chi connectivity index (χ2v) is 8.57. The van der Waals surface area contributed by atoms with Crippen molar-refractivity contribution in [2.24, 2.45) is 0 Å². The molecular formula is C20H18N4O4S2. The van der Waals surface area contributed by atoms with Gasteiger partial charge in [0.05, 0.1) is 15.9 Å². The highest BCUT2D eigenvalue weighted by Gasteiger charge is 2.17. The highest BCUT2D eigenvalue weighted by molar-refractivity contribution is 8.00. The maximum Gasteiger partial charge on any atom is 0.269 e. The number of aromatic nitrogens is 1.